The molecule has 3 amide bonds. The highest BCUT2D eigenvalue weighted by Crippen LogP contribution is 2.19. The Hall–Kier alpha value is -4.70. The molecule has 2 aromatic rings. The molecule has 13 N–H and O–H groups in total. The molecule has 0 fully saturated rings. The second kappa shape index (κ2) is 15.2. The zero-order valence-electron chi connectivity index (χ0n) is 22.4. The summed E-state index contributed by atoms with van der Waals surface area (Å²) in [7, 11) is 0. The topological polar surface area (TPSA) is 288 Å². The second-order valence-corrected chi connectivity index (χ2v) is 9.40. The number of aliphatic carboxylic acids is 2. The minimum atomic E-state index is -1.77. The molecular formula is C25H36N8O8. The number of aliphatic hydroxyl groups excluding tert-OH is 1. The van der Waals surface area contributed by atoms with Crippen molar-refractivity contribution in [3.05, 3.63) is 36.0 Å². The Bertz CT molecular complexity index is 1270. The van der Waals surface area contributed by atoms with E-state index in [1.165, 1.54) is 6.92 Å². The van der Waals surface area contributed by atoms with E-state index in [0.29, 0.717) is 12.0 Å². The molecule has 16 nitrogen and oxygen atoms in total. The van der Waals surface area contributed by atoms with E-state index in [1.54, 1.807) is 30.5 Å². The number of aromatic amines is 1. The molecule has 41 heavy (non-hydrogen) atoms. The maximum Gasteiger partial charge on any atom is 0.326 e. The van der Waals surface area contributed by atoms with Crippen LogP contribution in [0.3, 0.4) is 0 Å². The van der Waals surface area contributed by atoms with E-state index in [4.69, 9.17) is 22.3 Å². The third-order valence-electron chi connectivity index (χ3n) is 6.09. The lowest BCUT2D eigenvalue weighted by molar-refractivity contribution is -0.147. The van der Waals surface area contributed by atoms with Crippen LogP contribution in [0.15, 0.2) is 35.5 Å². The number of nitrogens with one attached hydrogen (secondary N) is 4. The monoisotopic (exact) mass is 576 g/mol. The average molecular weight is 577 g/mol. The van der Waals surface area contributed by atoms with Crippen LogP contribution < -0.4 is 33.2 Å². The molecule has 2 rings (SSSR count). The Balaban J connectivity index is 2.24. The Morgan fingerprint density at radius 2 is 1.63 bits per heavy atom. The van der Waals surface area contributed by atoms with Gasteiger partial charge in [0.1, 0.15) is 18.1 Å². The third-order valence-corrected chi connectivity index (χ3v) is 6.09. The summed E-state index contributed by atoms with van der Waals surface area (Å²) < 4.78 is 0. The van der Waals surface area contributed by atoms with E-state index >= 15 is 0 Å². The maximum absolute atomic E-state index is 13.2. The number of guanidine groups is 1. The molecule has 5 atom stereocenters. The summed E-state index contributed by atoms with van der Waals surface area (Å²) >= 11 is 0. The van der Waals surface area contributed by atoms with Crippen LogP contribution in [0.1, 0.15) is 31.7 Å². The molecule has 224 valence electrons. The SMILES string of the molecule is CC(O)C(NC(=O)C(N)CCCN=C(N)N)C(=O)NC(Cc1c[nH]c2ccccc12)C(=O)NC(CC(=O)O)C(=O)O. The molecule has 0 saturated carbocycles. The van der Waals surface area contributed by atoms with Crippen molar-refractivity contribution in [2.75, 3.05) is 6.54 Å². The number of carboxylic acid groups (broad SMARTS) is 2. The predicted molar refractivity (Wildman–Crippen MR) is 147 cm³/mol. The van der Waals surface area contributed by atoms with E-state index in [-0.39, 0.29) is 25.3 Å². The van der Waals surface area contributed by atoms with Crippen LogP contribution in [-0.4, -0.2) is 92.7 Å². The summed E-state index contributed by atoms with van der Waals surface area (Å²) in [6.45, 7) is 1.48. The normalized spacial score (nSPS) is 14.6. The minimum absolute atomic E-state index is 0.113. The number of aliphatic imine (C=N–C) groups is 1. The molecule has 1 aromatic heterocycles. The van der Waals surface area contributed by atoms with Crippen molar-refractivity contribution in [3.8, 4) is 0 Å². The number of carbonyl (C=O) groups is 5. The van der Waals surface area contributed by atoms with Crippen molar-refractivity contribution in [2.24, 2.45) is 22.2 Å². The summed E-state index contributed by atoms with van der Waals surface area (Å²) in [5.74, 6) is -5.84. The number of benzene rings is 1. The van der Waals surface area contributed by atoms with Crippen LogP contribution in [-0.2, 0) is 30.4 Å². The molecule has 1 heterocycles. The molecule has 0 aliphatic rings. The van der Waals surface area contributed by atoms with Crippen molar-refractivity contribution in [1.82, 2.24) is 20.9 Å². The molecule has 0 saturated heterocycles. The zero-order chi connectivity index (χ0) is 30.7. The number of fused-ring (bicyclic) bond motifs is 1. The van der Waals surface area contributed by atoms with E-state index in [9.17, 15) is 34.2 Å². The van der Waals surface area contributed by atoms with Gasteiger partial charge in [-0.15, -0.1) is 0 Å². The smallest absolute Gasteiger partial charge is 0.326 e. The maximum atomic E-state index is 13.2. The molecule has 5 unspecified atom stereocenters. The third kappa shape index (κ3) is 10.1. The van der Waals surface area contributed by atoms with E-state index < -0.39 is 66.4 Å². The van der Waals surface area contributed by atoms with Gasteiger partial charge in [0.25, 0.3) is 0 Å². The minimum Gasteiger partial charge on any atom is -0.481 e. The lowest BCUT2D eigenvalue weighted by Crippen LogP contribution is -2.60. The summed E-state index contributed by atoms with van der Waals surface area (Å²) in [6.07, 6.45) is -0.302. The molecule has 0 radical (unpaired) electrons. The Morgan fingerprint density at radius 1 is 0.976 bits per heavy atom. The number of nitrogens with zero attached hydrogens (tertiary/aromatic N) is 1. The van der Waals surface area contributed by atoms with Gasteiger partial charge in [-0.2, -0.15) is 0 Å². The Morgan fingerprint density at radius 3 is 2.24 bits per heavy atom. The highest BCUT2D eigenvalue weighted by Gasteiger charge is 2.33. The lowest BCUT2D eigenvalue weighted by atomic mass is 10.0. The highest BCUT2D eigenvalue weighted by atomic mass is 16.4. The van der Waals surface area contributed by atoms with Gasteiger partial charge in [-0.3, -0.25) is 24.2 Å². The van der Waals surface area contributed by atoms with E-state index in [2.05, 4.69) is 25.9 Å². The first-order chi connectivity index (χ1) is 19.3. The predicted octanol–water partition coefficient (Wildman–Crippen LogP) is -2.51. The van der Waals surface area contributed by atoms with Crippen LogP contribution in [0, 0.1) is 0 Å². The standard InChI is InChI=1S/C25H36N8O8/c1-12(34)20(33-21(37)15(26)6-4-8-29-25(27)28)23(39)31-17(22(38)32-18(24(40)41)10-19(35)36)9-13-11-30-16-7-3-2-5-14(13)16/h2-3,5,7,11-12,15,17-18,20,30,34H,4,6,8-10,26H2,1H3,(H,31,39)(H,32,38)(H,33,37)(H,35,36)(H,40,41)(H4,27,28,29). The van der Waals surface area contributed by atoms with Crippen LogP contribution in [0.25, 0.3) is 10.9 Å². The van der Waals surface area contributed by atoms with Gasteiger partial charge in [0.05, 0.1) is 18.6 Å². The molecule has 0 aliphatic heterocycles. The number of carbonyl (C=O) groups excluding carboxylic acids is 3. The second-order valence-electron chi connectivity index (χ2n) is 9.40. The first-order valence-electron chi connectivity index (χ1n) is 12.7. The number of nitrogens with two attached hydrogens (primary N) is 3. The first-order valence-corrected chi connectivity index (χ1v) is 12.7. The Labute approximate surface area is 234 Å². The van der Waals surface area contributed by atoms with E-state index in [1.807, 2.05) is 0 Å². The van der Waals surface area contributed by atoms with Crippen LogP contribution in [0.4, 0.5) is 0 Å². The highest BCUT2D eigenvalue weighted by molar-refractivity contribution is 5.95. The number of amides is 3. The lowest BCUT2D eigenvalue weighted by Gasteiger charge is -2.26. The number of hydrogen-bond acceptors (Lipinski definition) is 8. The van der Waals surface area contributed by atoms with Crippen molar-refractivity contribution in [3.63, 3.8) is 0 Å². The number of rotatable bonds is 16. The quantitative estimate of drug-likeness (QED) is 0.0565. The van der Waals surface area contributed by atoms with Gasteiger partial charge in [-0.05, 0) is 31.4 Å². The van der Waals surface area contributed by atoms with Crippen LogP contribution in [0.5, 0.6) is 0 Å². The molecule has 0 bridgehead atoms. The van der Waals surface area contributed by atoms with Crippen LogP contribution in [0.2, 0.25) is 0 Å². The van der Waals surface area contributed by atoms with Gasteiger partial charge in [0.15, 0.2) is 5.96 Å². The average Bonchev–Trinajstić information content (AvgIpc) is 3.30. The fourth-order valence-corrected chi connectivity index (χ4v) is 3.95. The van der Waals surface area contributed by atoms with Gasteiger partial charge in [-0.1, -0.05) is 18.2 Å². The van der Waals surface area contributed by atoms with E-state index in [0.717, 1.165) is 10.9 Å². The van der Waals surface area contributed by atoms with Crippen molar-refractivity contribution in [1.29, 1.82) is 0 Å². The first kappa shape index (κ1) is 32.5. The van der Waals surface area contributed by atoms with Crippen LogP contribution >= 0.6 is 0 Å². The van der Waals surface area contributed by atoms with Gasteiger partial charge in [0.2, 0.25) is 17.7 Å². The fraction of sp³-hybridized carbons (Fsp3) is 0.440. The summed E-state index contributed by atoms with van der Waals surface area (Å²) in [5, 5.41) is 36.3. The number of aromatic nitrogens is 1. The number of H-pyrrole nitrogens is 1. The molecule has 16 heteroatoms. The molecular weight excluding hydrogens is 540 g/mol. The summed E-state index contributed by atoms with van der Waals surface area (Å²) in [5.41, 5.74) is 17.7. The number of carboxylic acids is 2. The number of para-hydroxylation sites is 1. The van der Waals surface area contributed by atoms with Gasteiger partial charge < -0.3 is 53.5 Å². The number of aliphatic hydroxyl groups is 1. The van der Waals surface area contributed by atoms with Gasteiger partial charge in [-0.25, -0.2) is 4.79 Å². The molecule has 0 aliphatic carbocycles. The molecule has 1 aromatic carbocycles. The summed E-state index contributed by atoms with van der Waals surface area (Å²) in [4.78, 5) is 68.4. The number of hydrogen-bond donors (Lipinski definition) is 10. The van der Waals surface area contributed by atoms with Gasteiger partial charge in [0, 0.05) is 30.1 Å². The van der Waals surface area contributed by atoms with Gasteiger partial charge >= 0.3 is 11.9 Å². The Kier molecular flexibility index (Phi) is 12.0. The zero-order valence-corrected chi connectivity index (χ0v) is 22.4. The summed E-state index contributed by atoms with van der Waals surface area (Å²) in [6, 6.07) is 1.35. The van der Waals surface area contributed by atoms with Crippen molar-refractivity contribution >= 4 is 46.5 Å². The fourth-order valence-electron chi connectivity index (χ4n) is 3.95. The van der Waals surface area contributed by atoms with Crippen molar-refractivity contribution in [2.45, 2.75) is 62.9 Å². The van der Waals surface area contributed by atoms with Crippen molar-refractivity contribution < 1.29 is 39.3 Å². The largest absolute Gasteiger partial charge is 0.481 e. The molecule has 0 spiro atoms.